The molecule has 1 atom stereocenters. The van der Waals surface area contributed by atoms with Gasteiger partial charge in [0.15, 0.2) is 0 Å². The fourth-order valence-electron chi connectivity index (χ4n) is 2.00. The third-order valence-corrected chi connectivity index (χ3v) is 3.94. The SMILES string of the molecule is CCC(CSC)N(C)Cc1ccc(N)c(C)c1. The second kappa shape index (κ2) is 6.92. The standard InChI is InChI=1S/C14H24N2S/c1-5-13(10-17-4)16(3)9-12-6-7-14(15)11(2)8-12/h6-8,13H,5,9-10,15H2,1-4H3. The summed E-state index contributed by atoms with van der Waals surface area (Å²) in [6.07, 6.45) is 3.37. The average molecular weight is 252 g/mol. The van der Waals surface area contributed by atoms with Crippen molar-refractivity contribution in [1.29, 1.82) is 0 Å². The van der Waals surface area contributed by atoms with E-state index in [4.69, 9.17) is 5.73 Å². The van der Waals surface area contributed by atoms with Gasteiger partial charge in [0.1, 0.15) is 0 Å². The molecule has 0 radical (unpaired) electrons. The molecule has 1 aromatic rings. The minimum absolute atomic E-state index is 0.655. The Labute approximate surface area is 110 Å². The van der Waals surface area contributed by atoms with Crippen molar-refractivity contribution in [1.82, 2.24) is 4.90 Å². The largest absolute Gasteiger partial charge is 0.399 e. The van der Waals surface area contributed by atoms with Crippen molar-refractivity contribution in [3.05, 3.63) is 29.3 Å². The second-order valence-electron chi connectivity index (χ2n) is 4.62. The first-order valence-corrected chi connectivity index (χ1v) is 7.52. The molecule has 3 heteroatoms. The topological polar surface area (TPSA) is 29.3 Å². The molecule has 0 saturated heterocycles. The van der Waals surface area contributed by atoms with Crippen LogP contribution in [0.3, 0.4) is 0 Å². The molecule has 0 aliphatic carbocycles. The molecule has 1 rings (SSSR count). The van der Waals surface area contributed by atoms with E-state index in [0.717, 1.165) is 12.2 Å². The van der Waals surface area contributed by atoms with Crippen LogP contribution in [0.5, 0.6) is 0 Å². The van der Waals surface area contributed by atoms with E-state index in [2.05, 4.69) is 44.2 Å². The van der Waals surface area contributed by atoms with E-state index in [1.54, 1.807) is 0 Å². The Hall–Kier alpha value is -0.670. The van der Waals surface area contributed by atoms with Crippen LogP contribution in [0.2, 0.25) is 0 Å². The van der Waals surface area contributed by atoms with Crippen LogP contribution in [0.4, 0.5) is 5.69 Å². The molecule has 0 spiro atoms. The fourth-order valence-corrected chi connectivity index (χ4v) is 2.88. The van der Waals surface area contributed by atoms with Gasteiger partial charge in [-0.05, 0) is 43.8 Å². The lowest BCUT2D eigenvalue weighted by Gasteiger charge is -2.26. The molecule has 0 aliphatic heterocycles. The van der Waals surface area contributed by atoms with Crippen molar-refractivity contribution in [2.75, 3.05) is 24.8 Å². The molecule has 1 aromatic carbocycles. The Balaban J connectivity index is 2.66. The summed E-state index contributed by atoms with van der Waals surface area (Å²) in [5, 5.41) is 0. The molecule has 0 heterocycles. The summed E-state index contributed by atoms with van der Waals surface area (Å²) in [5.41, 5.74) is 9.24. The third kappa shape index (κ3) is 4.25. The number of benzene rings is 1. The molecule has 2 N–H and O–H groups in total. The number of rotatable bonds is 6. The fraction of sp³-hybridized carbons (Fsp3) is 0.571. The molecule has 2 nitrogen and oxygen atoms in total. The lowest BCUT2D eigenvalue weighted by molar-refractivity contribution is 0.248. The van der Waals surface area contributed by atoms with E-state index in [1.165, 1.54) is 23.3 Å². The van der Waals surface area contributed by atoms with Crippen LogP contribution in [0.15, 0.2) is 18.2 Å². The van der Waals surface area contributed by atoms with Crippen molar-refractivity contribution < 1.29 is 0 Å². The van der Waals surface area contributed by atoms with Gasteiger partial charge in [-0.15, -0.1) is 0 Å². The zero-order chi connectivity index (χ0) is 12.8. The lowest BCUT2D eigenvalue weighted by atomic mass is 10.1. The second-order valence-corrected chi connectivity index (χ2v) is 5.53. The Morgan fingerprint density at radius 3 is 2.65 bits per heavy atom. The van der Waals surface area contributed by atoms with Gasteiger partial charge in [-0.25, -0.2) is 0 Å². The number of thioether (sulfide) groups is 1. The quantitative estimate of drug-likeness (QED) is 0.789. The predicted molar refractivity (Wildman–Crippen MR) is 79.5 cm³/mol. The van der Waals surface area contributed by atoms with Crippen LogP contribution in [0.25, 0.3) is 0 Å². The van der Waals surface area contributed by atoms with Gasteiger partial charge in [0.2, 0.25) is 0 Å². The number of anilines is 1. The molecule has 17 heavy (non-hydrogen) atoms. The zero-order valence-electron chi connectivity index (χ0n) is 11.4. The summed E-state index contributed by atoms with van der Waals surface area (Å²) >= 11 is 1.92. The smallest absolute Gasteiger partial charge is 0.0343 e. The van der Waals surface area contributed by atoms with Gasteiger partial charge >= 0.3 is 0 Å². The summed E-state index contributed by atoms with van der Waals surface area (Å²) < 4.78 is 0. The van der Waals surface area contributed by atoms with Crippen molar-refractivity contribution in [2.45, 2.75) is 32.9 Å². The van der Waals surface area contributed by atoms with Crippen molar-refractivity contribution in [2.24, 2.45) is 0 Å². The van der Waals surface area contributed by atoms with E-state index < -0.39 is 0 Å². The maximum Gasteiger partial charge on any atom is 0.0343 e. The van der Waals surface area contributed by atoms with Crippen molar-refractivity contribution in [3.8, 4) is 0 Å². The number of nitrogens with zero attached hydrogens (tertiary/aromatic N) is 1. The van der Waals surface area contributed by atoms with Gasteiger partial charge < -0.3 is 5.73 Å². The Morgan fingerprint density at radius 1 is 1.41 bits per heavy atom. The van der Waals surface area contributed by atoms with Crippen molar-refractivity contribution >= 4 is 17.4 Å². The minimum Gasteiger partial charge on any atom is -0.399 e. The number of hydrogen-bond acceptors (Lipinski definition) is 3. The average Bonchev–Trinajstić information content (AvgIpc) is 2.30. The van der Waals surface area contributed by atoms with E-state index in [0.29, 0.717) is 6.04 Å². The summed E-state index contributed by atoms with van der Waals surface area (Å²) in [6, 6.07) is 6.99. The first kappa shape index (κ1) is 14.4. The first-order valence-electron chi connectivity index (χ1n) is 6.12. The molecule has 0 aliphatic rings. The summed E-state index contributed by atoms with van der Waals surface area (Å²) in [7, 11) is 2.20. The van der Waals surface area contributed by atoms with Gasteiger partial charge in [-0.3, -0.25) is 4.90 Å². The highest BCUT2D eigenvalue weighted by molar-refractivity contribution is 7.98. The predicted octanol–water partition coefficient (Wildman–Crippen LogP) is 3.15. The van der Waals surface area contributed by atoms with Crippen LogP contribution in [-0.2, 0) is 6.54 Å². The minimum atomic E-state index is 0.655. The highest BCUT2D eigenvalue weighted by atomic mass is 32.2. The molecule has 0 amide bonds. The first-order chi connectivity index (χ1) is 8.08. The monoisotopic (exact) mass is 252 g/mol. The van der Waals surface area contributed by atoms with Gasteiger partial charge in [-0.2, -0.15) is 11.8 Å². The number of hydrogen-bond donors (Lipinski definition) is 1. The maximum atomic E-state index is 5.84. The Morgan fingerprint density at radius 2 is 2.12 bits per heavy atom. The normalized spacial score (nSPS) is 13.0. The molecule has 0 bridgehead atoms. The Bertz CT molecular complexity index is 352. The highest BCUT2D eigenvalue weighted by Gasteiger charge is 2.12. The molecular weight excluding hydrogens is 228 g/mol. The summed E-state index contributed by atoms with van der Waals surface area (Å²) in [4.78, 5) is 2.43. The highest BCUT2D eigenvalue weighted by Crippen LogP contribution is 2.16. The van der Waals surface area contributed by atoms with E-state index >= 15 is 0 Å². The zero-order valence-corrected chi connectivity index (χ0v) is 12.2. The van der Waals surface area contributed by atoms with E-state index in [9.17, 15) is 0 Å². The van der Waals surface area contributed by atoms with Gasteiger partial charge in [-0.1, -0.05) is 19.1 Å². The van der Waals surface area contributed by atoms with E-state index in [-0.39, 0.29) is 0 Å². The van der Waals surface area contributed by atoms with Crippen molar-refractivity contribution in [3.63, 3.8) is 0 Å². The molecule has 0 saturated carbocycles. The molecule has 1 unspecified atom stereocenters. The van der Waals surface area contributed by atoms with Crippen LogP contribution in [-0.4, -0.2) is 30.0 Å². The van der Waals surface area contributed by atoms with Crippen LogP contribution >= 0.6 is 11.8 Å². The van der Waals surface area contributed by atoms with Crippen LogP contribution in [0, 0.1) is 6.92 Å². The van der Waals surface area contributed by atoms with Crippen LogP contribution < -0.4 is 5.73 Å². The number of aryl methyl sites for hydroxylation is 1. The van der Waals surface area contributed by atoms with Gasteiger partial charge in [0, 0.05) is 24.0 Å². The molecule has 0 fully saturated rings. The maximum absolute atomic E-state index is 5.84. The molecular formula is C14H24N2S. The lowest BCUT2D eigenvalue weighted by Crippen LogP contribution is -2.32. The molecule has 0 aromatic heterocycles. The summed E-state index contributed by atoms with van der Waals surface area (Å²) in [5.74, 6) is 1.20. The number of nitrogens with two attached hydrogens (primary N) is 1. The van der Waals surface area contributed by atoms with E-state index in [1.807, 2.05) is 17.8 Å². The van der Waals surface area contributed by atoms with Gasteiger partial charge in [0.25, 0.3) is 0 Å². The number of nitrogen functional groups attached to an aromatic ring is 1. The van der Waals surface area contributed by atoms with Crippen LogP contribution in [0.1, 0.15) is 24.5 Å². The summed E-state index contributed by atoms with van der Waals surface area (Å²) in [6.45, 7) is 5.32. The van der Waals surface area contributed by atoms with Gasteiger partial charge in [0.05, 0.1) is 0 Å². The molecule has 96 valence electrons. The third-order valence-electron chi connectivity index (χ3n) is 3.22. The Kier molecular flexibility index (Phi) is 5.86.